The summed E-state index contributed by atoms with van der Waals surface area (Å²) in [5.41, 5.74) is -0.0573. The van der Waals surface area contributed by atoms with Crippen LogP contribution >= 0.6 is 0 Å². The zero-order valence-corrected chi connectivity index (χ0v) is 17.4. The van der Waals surface area contributed by atoms with Gasteiger partial charge in [0.2, 0.25) is 0 Å². The highest BCUT2D eigenvalue weighted by Gasteiger charge is 2.30. The van der Waals surface area contributed by atoms with E-state index in [1.165, 1.54) is 37.4 Å². The lowest BCUT2D eigenvalue weighted by molar-refractivity contribution is -0.138. The Balaban J connectivity index is 2.19. The number of benzene rings is 2. The Hall–Kier alpha value is -3.08. The van der Waals surface area contributed by atoms with Crippen molar-refractivity contribution in [2.45, 2.75) is 24.4 Å². The average Bonchev–Trinajstić information content (AvgIpc) is 2.68. The number of rotatable bonds is 8. The van der Waals surface area contributed by atoms with E-state index in [4.69, 9.17) is 4.74 Å². The van der Waals surface area contributed by atoms with Gasteiger partial charge in [-0.3, -0.25) is 9.59 Å². The highest BCUT2D eigenvalue weighted by molar-refractivity contribution is 7.92. The van der Waals surface area contributed by atoms with E-state index in [-0.39, 0.29) is 24.3 Å². The summed E-state index contributed by atoms with van der Waals surface area (Å²) in [6.07, 6.45) is -4.00. The Morgan fingerprint density at radius 2 is 1.68 bits per heavy atom. The number of carboxylic acids is 1. The van der Waals surface area contributed by atoms with Crippen molar-refractivity contribution < 1.29 is 41.0 Å². The van der Waals surface area contributed by atoms with Crippen LogP contribution in [0.4, 0.5) is 13.2 Å². The van der Waals surface area contributed by atoms with Crippen LogP contribution in [0.1, 0.15) is 27.0 Å². The molecule has 2 aromatic rings. The summed E-state index contributed by atoms with van der Waals surface area (Å²) in [4.78, 5) is 23.9. The van der Waals surface area contributed by atoms with E-state index in [1.807, 2.05) is 0 Å². The quantitative estimate of drug-likeness (QED) is 0.628. The summed E-state index contributed by atoms with van der Waals surface area (Å²) < 4.78 is 66.4. The molecular formula is C20H20F3NO6S. The Kier molecular flexibility index (Phi) is 7.32. The number of carbonyl (C=O) groups excluding carboxylic acids is 1. The minimum atomic E-state index is -4.46. The molecule has 0 aromatic heterocycles. The van der Waals surface area contributed by atoms with Crippen molar-refractivity contribution in [2.24, 2.45) is 0 Å². The van der Waals surface area contributed by atoms with Crippen molar-refractivity contribution in [2.75, 3.05) is 13.4 Å². The van der Waals surface area contributed by atoms with E-state index in [9.17, 15) is 36.3 Å². The van der Waals surface area contributed by atoms with Crippen molar-refractivity contribution >= 4 is 21.7 Å². The van der Waals surface area contributed by atoms with Crippen LogP contribution in [0.25, 0.3) is 0 Å². The first-order valence-electron chi connectivity index (χ1n) is 8.86. The van der Waals surface area contributed by atoms with Crippen LogP contribution in [0.15, 0.2) is 42.5 Å². The molecule has 31 heavy (non-hydrogen) atoms. The largest absolute Gasteiger partial charge is 0.496 e. The summed E-state index contributed by atoms with van der Waals surface area (Å²) in [5.74, 6) is -1.96. The van der Waals surface area contributed by atoms with Crippen molar-refractivity contribution in [3.05, 3.63) is 64.7 Å². The minimum Gasteiger partial charge on any atom is -0.496 e. The van der Waals surface area contributed by atoms with Gasteiger partial charge in [-0.25, -0.2) is 8.42 Å². The Morgan fingerprint density at radius 1 is 1.10 bits per heavy atom. The van der Waals surface area contributed by atoms with Crippen LogP contribution in [0.5, 0.6) is 5.75 Å². The lowest BCUT2D eigenvalue weighted by Crippen LogP contribution is -2.31. The van der Waals surface area contributed by atoms with Crippen molar-refractivity contribution in [1.82, 2.24) is 5.32 Å². The molecule has 2 N–H and O–H groups in total. The maximum Gasteiger partial charge on any atom is 0.416 e. The number of nitrogens with one attached hydrogen (secondary N) is 1. The molecule has 0 aliphatic rings. The molecule has 0 spiro atoms. The number of carbonyl (C=O) groups is 2. The fourth-order valence-corrected chi connectivity index (χ4v) is 3.65. The maximum absolute atomic E-state index is 12.6. The van der Waals surface area contributed by atoms with Crippen LogP contribution in [0, 0.1) is 0 Å². The molecule has 1 amide bonds. The third kappa shape index (κ3) is 6.45. The van der Waals surface area contributed by atoms with E-state index in [0.29, 0.717) is 11.1 Å². The first-order chi connectivity index (χ1) is 14.3. The molecule has 2 aromatic carbocycles. The molecule has 0 aliphatic heterocycles. The fourth-order valence-electron chi connectivity index (χ4n) is 2.78. The molecule has 0 bridgehead atoms. The van der Waals surface area contributed by atoms with Crippen LogP contribution in [0.3, 0.4) is 0 Å². The van der Waals surface area contributed by atoms with Gasteiger partial charge in [-0.2, -0.15) is 13.2 Å². The molecule has 1 unspecified atom stereocenters. The highest BCUT2D eigenvalue weighted by atomic mass is 32.2. The van der Waals surface area contributed by atoms with Gasteiger partial charge in [0.05, 0.1) is 18.2 Å². The molecule has 1 atom stereocenters. The zero-order chi connectivity index (χ0) is 23.4. The SMILES string of the molecule is COc1ccc(CC(C(=O)O)S(C)(=O)=O)cc1C(=O)NCc1ccc(C(F)(F)F)cc1. The van der Waals surface area contributed by atoms with Crippen LogP contribution in [-0.4, -0.2) is 44.0 Å². The molecule has 0 saturated carbocycles. The standard InChI is InChI=1S/C20H20F3NO6S/c1-30-16-8-5-13(10-17(19(26)27)31(2,28)29)9-15(16)18(25)24-11-12-3-6-14(7-4-12)20(21,22)23/h3-9,17H,10-11H2,1-2H3,(H,24,25)(H,26,27). The first kappa shape index (κ1) is 24.2. The van der Waals surface area contributed by atoms with Crippen LogP contribution < -0.4 is 10.1 Å². The summed E-state index contributed by atoms with van der Waals surface area (Å²) in [6.45, 7) is -0.0640. The third-order valence-corrected chi connectivity index (χ3v) is 5.86. The van der Waals surface area contributed by atoms with Gasteiger partial charge in [0.1, 0.15) is 5.75 Å². The Bertz CT molecular complexity index is 1070. The number of amides is 1. The van der Waals surface area contributed by atoms with Gasteiger partial charge in [-0.15, -0.1) is 0 Å². The van der Waals surface area contributed by atoms with Crippen LogP contribution in [-0.2, 0) is 33.8 Å². The number of ether oxygens (including phenoxy) is 1. The number of halogens is 3. The van der Waals surface area contributed by atoms with E-state index in [1.54, 1.807) is 0 Å². The van der Waals surface area contributed by atoms with E-state index in [0.717, 1.165) is 18.4 Å². The van der Waals surface area contributed by atoms with Gasteiger partial charge >= 0.3 is 12.1 Å². The Labute approximate surface area is 176 Å². The third-order valence-electron chi connectivity index (χ3n) is 4.46. The van der Waals surface area contributed by atoms with Gasteiger partial charge in [0.15, 0.2) is 15.1 Å². The smallest absolute Gasteiger partial charge is 0.416 e. The second-order valence-electron chi connectivity index (χ2n) is 6.77. The molecule has 11 heteroatoms. The van der Waals surface area contributed by atoms with Gasteiger partial charge in [0.25, 0.3) is 5.91 Å². The number of alkyl halides is 3. The van der Waals surface area contributed by atoms with Gasteiger partial charge in [-0.1, -0.05) is 18.2 Å². The first-order valence-corrected chi connectivity index (χ1v) is 10.8. The summed E-state index contributed by atoms with van der Waals surface area (Å²) >= 11 is 0. The van der Waals surface area contributed by atoms with E-state index in [2.05, 4.69) is 5.32 Å². The molecular weight excluding hydrogens is 439 g/mol. The van der Waals surface area contributed by atoms with Gasteiger partial charge in [-0.05, 0) is 41.8 Å². The highest BCUT2D eigenvalue weighted by Crippen LogP contribution is 2.29. The molecule has 0 heterocycles. The summed E-state index contributed by atoms with van der Waals surface area (Å²) in [5, 5.41) is 10.0. The second-order valence-corrected chi connectivity index (χ2v) is 9.00. The predicted molar refractivity (Wildman–Crippen MR) is 106 cm³/mol. The van der Waals surface area contributed by atoms with Crippen molar-refractivity contribution in [3.63, 3.8) is 0 Å². The molecule has 168 valence electrons. The maximum atomic E-state index is 12.6. The average molecular weight is 459 g/mol. The van der Waals surface area contributed by atoms with Gasteiger partial charge in [0, 0.05) is 12.8 Å². The summed E-state index contributed by atoms with van der Waals surface area (Å²) in [7, 11) is -2.57. The number of hydrogen-bond acceptors (Lipinski definition) is 5. The summed E-state index contributed by atoms with van der Waals surface area (Å²) in [6, 6.07) is 8.46. The predicted octanol–water partition coefficient (Wildman–Crippen LogP) is 2.68. The van der Waals surface area contributed by atoms with Crippen molar-refractivity contribution in [1.29, 1.82) is 0 Å². The number of hydrogen-bond donors (Lipinski definition) is 2. The minimum absolute atomic E-state index is 0.0320. The molecule has 7 nitrogen and oxygen atoms in total. The normalized spacial score (nSPS) is 12.8. The number of carboxylic acid groups (broad SMARTS) is 1. The number of sulfone groups is 1. The second kappa shape index (κ2) is 9.38. The Morgan fingerprint density at radius 3 is 2.16 bits per heavy atom. The number of aliphatic carboxylic acids is 1. The molecule has 0 radical (unpaired) electrons. The number of methoxy groups -OCH3 is 1. The van der Waals surface area contributed by atoms with Crippen LogP contribution in [0.2, 0.25) is 0 Å². The lowest BCUT2D eigenvalue weighted by atomic mass is 10.0. The van der Waals surface area contributed by atoms with Gasteiger partial charge < -0.3 is 15.2 Å². The van der Waals surface area contributed by atoms with E-state index < -0.39 is 38.7 Å². The topological polar surface area (TPSA) is 110 Å². The monoisotopic (exact) mass is 459 g/mol. The van der Waals surface area contributed by atoms with Crippen molar-refractivity contribution in [3.8, 4) is 5.75 Å². The zero-order valence-electron chi connectivity index (χ0n) is 16.6. The molecule has 2 rings (SSSR count). The fraction of sp³-hybridized carbons (Fsp3) is 0.300. The molecule has 0 saturated heterocycles. The molecule has 0 aliphatic carbocycles. The molecule has 0 fully saturated rings. The van der Waals surface area contributed by atoms with E-state index >= 15 is 0 Å². The lowest BCUT2D eigenvalue weighted by Gasteiger charge is -2.14.